The Morgan fingerprint density at radius 2 is 0.477 bits per heavy atom. The second-order valence-electron chi connectivity index (χ2n) is 22.8. The van der Waals surface area contributed by atoms with Gasteiger partial charge in [-0.25, -0.2) is 0 Å². The van der Waals surface area contributed by atoms with E-state index in [0.717, 1.165) is 70.2 Å². The van der Waals surface area contributed by atoms with Gasteiger partial charge in [0.25, 0.3) is 0 Å². The van der Waals surface area contributed by atoms with Crippen LogP contribution in [0.15, 0.2) is 121 Å². The Balaban J connectivity index is 1.16. The largest absolute Gasteiger partial charge is 0.504 e. The van der Waals surface area contributed by atoms with E-state index in [1.54, 1.807) is 72.8 Å². The number of phenolic OH excluding ortho intramolecular Hbond substituents is 4. The van der Waals surface area contributed by atoms with Crippen molar-refractivity contribution in [3.05, 3.63) is 188 Å². The number of rotatable bonds is 20. The average Bonchev–Trinajstić information content (AvgIpc) is 0.872. The van der Waals surface area contributed by atoms with Gasteiger partial charge in [-0.3, -0.25) is 0 Å². The summed E-state index contributed by atoms with van der Waals surface area (Å²) in [5.74, 6) is 3.61. The molecule has 1 aliphatic carbocycles. The molecule has 16 heteroatoms. The molecular formula is C72H72O16. The lowest BCUT2D eigenvalue weighted by molar-refractivity contribution is 0.0893. The maximum absolute atomic E-state index is 11.2. The minimum absolute atomic E-state index is 0.0188. The van der Waals surface area contributed by atoms with E-state index in [4.69, 9.17) is 56.8 Å². The van der Waals surface area contributed by atoms with E-state index in [1.165, 1.54) is 0 Å². The van der Waals surface area contributed by atoms with E-state index < -0.39 is 23.7 Å². The topological polar surface area (TPSA) is 192 Å². The van der Waals surface area contributed by atoms with Crippen LogP contribution in [0.2, 0.25) is 0 Å². The number of phenols is 4. The zero-order chi connectivity index (χ0) is 60.4. The molecule has 4 heterocycles. The molecule has 5 aliphatic rings. The number of ether oxygens (including phenoxy) is 12. The minimum atomic E-state index is -0.402. The lowest BCUT2D eigenvalue weighted by atomic mass is 9.74. The molecular weight excluding hydrogens is 1120 g/mol. The standard InChI is InChI=1S/C72H72O16/c1-5-17-41-45-29-47-42(18-6-2)49-31-51-44(20-8-4)52-32-50-43(19-7-3)48-30-46(41)66-54(34-78-62-26-14-10-22-58(62)74)68(48)84-39-86-70(50)56(36-80-64-28-16-12-24-60(64)76)72(52)88-40-87-71(51)55(35-79-63-27-15-11-23-59(63)75)69(49)85-38-83-67(47)53(65(45)81-37-82-66)33-77-61-25-13-9-21-57(61)73/h9-16,21-32,41-44,73-76H,5-8,17-20,33-40H2,1-4H3. The van der Waals surface area contributed by atoms with Crippen LogP contribution in [-0.2, 0) is 26.4 Å². The van der Waals surface area contributed by atoms with Gasteiger partial charge in [-0.1, -0.05) is 102 Å². The number of benzene rings is 8. The molecule has 0 unspecified atom stereocenters. The maximum Gasteiger partial charge on any atom is 0.230 e. The Morgan fingerprint density at radius 1 is 0.295 bits per heavy atom. The zero-order valence-corrected chi connectivity index (χ0v) is 49.9. The number of hydrogen-bond acceptors (Lipinski definition) is 16. The molecule has 8 aromatic carbocycles. The molecule has 0 spiro atoms. The van der Waals surface area contributed by atoms with E-state index in [0.29, 0.717) is 93.9 Å². The molecule has 0 aromatic heterocycles. The first-order valence-corrected chi connectivity index (χ1v) is 30.6. The monoisotopic (exact) mass is 1190 g/mol. The van der Waals surface area contributed by atoms with Crippen LogP contribution in [0.1, 0.15) is 169 Å². The molecule has 0 saturated carbocycles. The highest BCUT2D eigenvalue weighted by Gasteiger charge is 2.42. The highest BCUT2D eigenvalue weighted by molar-refractivity contribution is 5.70. The second-order valence-corrected chi connectivity index (χ2v) is 22.8. The van der Waals surface area contributed by atoms with Crippen molar-refractivity contribution in [2.75, 3.05) is 27.2 Å². The van der Waals surface area contributed by atoms with Crippen molar-refractivity contribution < 1.29 is 77.3 Å². The van der Waals surface area contributed by atoms with E-state index in [1.807, 2.05) is 24.3 Å². The fourth-order valence-electron chi connectivity index (χ4n) is 13.5. The summed E-state index contributed by atoms with van der Waals surface area (Å²) in [5, 5.41) is 44.7. The predicted molar refractivity (Wildman–Crippen MR) is 327 cm³/mol. The minimum Gasteiger partial charge on any atom is -0.504 e. The van der Waals surface area contributed by atoms with Gasteiger partial charge in [-0.15, -0.1) is 0 Å². The second kappa shape index (κ2) is 25.1. The van der Waals surface area contributed by atoms with Gasteiger partial charge in [0.1, 0.15) is 72.4 Å². The van der Waals surface area contributed by atoms with Gasteiger partial charge in [-0.05, 0) is 98.5 Å². The zero-order valence-electron chi connectivity index (χ0n) is 49.9. The summed E-state index contributed by atoms with van der Waals surface area (Å²) in [5.41, 5.74) is 9.48. The van der Waals surface area contributed by atoms with E-state index in [-0.39, 0.29) is 99.6 Å². The third-order valence-electron chi connectivity index (χ3n) is 17.4. The van der Waals surface area contributed by atoms with E-state index >= 15 is 0 Å². The molecule has 4 N–H and O–H groups in total. The van der Waals surface area contributed by atoms with Crippen LogP contribution in [0.25, 0.3) is 0 Å². The summed E-state index contributed by atoms with van der Waals surface area (Å²) >= 11 is 0. The van der Waals surface area contributed by atoms with Gasteiger partial charge >= 0.3 is 0 Å². The molecule has 13 rings (SSSR count). The third kappa shape index (κ3) is 10.7. The van der Waals surface area contributed by atoms with Crippen molar-refractivity contribution in [3.8, 4) is 92.0 Å². The van der Waals surface area contributed by atoms with Crippen LogP contribution in [0.5, 0.6) is 92.0 Å². The molecule has 4 aliphatic heterocycles. The van der Waals surface area contributed by atoms with E-state index in [9.17, 15) is 20.4 Å². The van der Waals surface area contributed by atoms with Gasteiger partial charge in [0.15, 0.2) is 46.0 Å². The highest BCUT2D eigenvalue weighted by Crippen LogP contribution is 2.59. The molecule has 456 valence electrons. The number of para-hydroxylation sites is 8. The van der Waals surface area contributed by atoms with Crippen LogP contribution in [0.3, 0.4) is 0 Å². The Labute approximate surface area is 511 Å². The van der Waals surface area contributed by atoms with Gasteiger partial charge < -0.3 is 77.3 Å². The van der Waals surface area contributed by atoms with Crippen LogP contribution < -0.4 is 56.8 Å². The van der Waals surface area contributed by atoms with Gasteiger partial charge in [0.2, 0.25) is 27.2 Å². The fourth-order valence-corrected chi connectivity index (χ4v) is 13.5. The highest BCUT2D eigenvalue weighted by atomic mass is 16.7. The number of aromatic hydroxyl groups is 4. The molecule has 0 fully saturated rings. The average molecular weight is 1190 g/mol. The molecule has 8 aromatic rings. The first-order valence-electron chi connectivity index (χ1n) is 30.6. The lowest BCUT2D eigenvalue weighted by Gasteiger charge is -2.37. The van der Waals surface area contributed by atoms with E-state index in [2.05, 4.69) is 52.0 Å². The van der Waals surface area contributed by atoms with Crippen LogP contribution in [0.4, 0.5) is 0 Å². The summed E-state index contributed by atoms with van der Waals surface area (Å²) < 4.78 is 82.7. The third-order valence-corrected chi connectivity index (χ3v) is 17.4. The summed E-state index contributed by atoms with van der Waals surface area (Å²) in [7, 11) is 0. The van der Waals surface area contributed by atoms with Gasteiger partial charge in [0.05, 0.1) is 22.3 Å². The molecule has 16 nitrogen and oxygen atoms in total. The molecule has 0 atom stereocenters. The Morgan fingerprint density at radius 3 is 0.648 bits per heavy atom. The van der Waals surface area contributed by atoms with Crippen LogP contribution >= 0.6 is 0 Å². The Hall–Kier alpha value is -9.44. The predicted octanol–water partition coefficient (Wildman–Crippen LogP) is 15.8. The first kappa shape index (κ1) is 57.6. The first-order chi connectivity index (χ1) is 43.2. The summed E-state index contributed by atoms with van der Waals surface area (Å²) in [4.78, 5) is 0. The van der Waals surface area contributed by atoms with Crippen LogP contribution in [-0.4, -0.2) is 47.6 Å². The van der Waals surface area contributed by atoms with Crippen LogP contribution in [0, 0.1) is 0 Å². The normalized spacial score (nSPS) is 17.2. The van der Waals surface area contributed by atoms with Crippen molar-refractivity contribution in [2.24, 2.45) is 0 Å². The van der Waals surface area contributed by atoms with Crippen molar-refractivity contribution in [1.82, 2.24) is 0 Å². The SMILES string of the molecule is CCCC1c2cc3c4c(COc5ccccc5O)c2OCOc2c1cc1c(c2COc2ccccc2O)OCOc2c(cc5c(c2COc2ccccc2O)OCOc2c(cc(c(c2COc2ccccc2O)OCO4)C3CCC)C5CCC)C1CCC. The Bertz CT molecular complexity index is 3270. The molecule has 88 heavy (non-hydrogen) atoms. The summed E-state index contributed by atoms with van der Waals surface area (Å²) in [6, 6.07) is 36.6. The fraction of sp³-hybridized carbons (Fsp3) is 0.333. The molecule has 0 amide bonds. The van der Waals surface area contributed by atoms with Crippen molar-refractivity contribution in [2.45, 2.75) is 129 Å². The molecule has 0 saturated heterocycles. The van der Waals surface area contributed by atoms with Crippen molar-refractivity contribution in [1.29, 1.82) is 0 Å². The maximum atomic E-state index is 11.2. The Kier molecular flexibility index (Phi) is 16.4. The lowest BCUT2D eigenvalue weighted by Crippen LogP contribution is -2.26. The summed E-state index contributed by atoms with van der Waals surface area (Å²) in [6.07, 6.45) is 5.55. The summed E-state index contributed by atoms with van der Waals surface area (Å²) in [6.45, 7) is 7.39. The smallest absolute Gasteiger partial charge is 0.230 e. The van der Waals surface area contributed by atoms with Crippen molar-refractivity contribution in [3.63, 3.8) is 0 Å². The molecule has 0 radical (unpaired) electrons. The number of hydrogen-bond donors (Lipinski definition) is 4. The van der Waals surface area contributed by atoms with Gasteiger partial charge in [-0.2, -0.15) is 0 Å². The molecule has 8 bridgehead atoms. The van der Waals surface area contributed by atoms with Gasteiger partial charge in [0, 0.05) is 68.2 Å². The van der Waals surface area contributed by atoms with Crippen molar-refractivity contribution >= 4 is 0 Å². The quantitative estimate of drug-likeness (QED) is 0.0563.